The number of rotatable bonds is 2. The van der Waals surface area contributed by atoms with Gasteiger partial charge in [0.1, 0.15) is 17.4 Å². The molecule has 1 saturated heterocycles. The Labute approximate surface area is 191 Å². The number of ether oxygens (including phenoxy) is 2. The Bertz CT molecular complexity index is 1060. The summed E-state index contributed by atoms with van der Waals surface area (Å²) in [7, 11) is 3.39. The second-order valence-corrected chi connectivity index (χ2v) is 8.05. The standard InChI is InChI=1S/C22H27N7O4/c1-14-13-32-11-10-28(14)21-24-19(16-6-9-18(23)29(31)12-16)25-22(26-21)33-17-7-4-15(5-8-17)20(30)27(2)3/h4-9,14,23,31H,10-13H2,1-3H3,(H,24,25,26)/t14-/m0/s1. The molecule has 3 aliphatic rings. The fourth-order valence-electron chi connectivity index (χ4n) is 3.50. The molecule has 0 aliphatic carbocycles. The molecule has 1 fully saturated rings. The van der Waals surface area contributed by atoms with Gasteiger partial charge in [-0.1, -0.05) is 0 Å². The van der Waals surface area contributed by atoms with Crippen LogP contribution in [0.3, 0.4) is 0 Å². The van der Waals surface area contributed by atoms with Crippen molar-refractivity contribution < 1.29 is 19.5 Å². The van der Waals surface area contributed by atoms with Crippen LogP contribution in [0.15, 0.2) is 57.8 Å². The number of carbonyl (C=O) groups excluding carboxylic acids is 1. The molecule has 0 spiro atoms. The second kappa shape index (κ2) is 9.43. The van der Waals surface area contributed by atoms with Crippen LogP contribution in [0, 0.1) is 5.41 Å². The Balaban J connectivity index is 1.64. The minimum absolute atomic E-state index is 0.00124. The number of benzene rings is 1. The van der Waals surface area contributed by atoms with E-state index in [0.717, 1.165) is 5.06 Å². The number of guanidine groups is 1. The van der Waals surface area contributed by atoms with Crippen LogP contribution in [0.25, 0.3) is 0 Å². The lowest BCUT2D eigenvalue weighted by Gasteiger charge is -2.37. The summed E-state index contributed by atoms with van der Waals surface area (Å²) in [6.45, 7) is 3.94. The number of amides is 1. The van der Waals surface area contributed by atoms with Gasteiger partial charge in [0.25, 0.3) is 5.91 Å². The highest BCUT2D eigenvalue weighted by Gasteiger charge is 2.28. The first kappa shape index (κ1) is 22.5. The number of morpholine rings is 1. The molecular weight excluding hydrogens is 426 g/mol. The van der Waals surface area contributed by atoms with Crippen molar-refractivity contribution in [3.63, 3.8) is 0 Å². The zero-order valence-corrected chi connectivity index (χ0v) is 18.8. The molecule has 0 radical (unpaired) electrons. The summed E-state index contributed by atoms with van der Waals surface area (Å²) >= 11 is 0. The zero-order valence-electron chi connectivity index (χ0n) is 18.8. The van der Waals surface area contributed by atoms with E-state index in [1.54, 1.807) is 44.4 Å². The Morgan fingerprint density at radius 3 is 2.70 bits per heavy atom. The summed E-state index contributed by atoms with van der Waals surface area (Å²) in [5.41, 5.74) is 1.22. The smallest absolute Gasteiger partial charge is 0.327 e. The molecule has 0 unspecified atom stereocenters. The third-order valence-electron chi connectivity index (χ3n) is 5.34. The number of nitrogens with zero attached hydrogens (tertiary/aromatic N) is 5. The molecular formula is C22H27N7O4. The molecule has 174 valence electrons. The molecule has 4 rings (SSSR count). The van der Waals surface area contributed by atoms with Gasteiger partial charge >= 0.3 is 6.02 Å². The number of amidine groups is 2. The third-order valence-corrected chi connectivity index (χ3v) is 5.34. The van der Waals surface area contributed by atoms with Gasteiger partial charge in [-0.15, -0.1) is 0 Å². The average Bonchev–Trinajstić information content (AvgIpc) is 2.81. The quantitative estimate of drug-likeness (QED) is 0.615. The van der Waals surface area contributed by atoms with Gasteiger partial charge in [0.15, 0.2) is 0 Å². The molecule has 1 atom stereocenters. The molecule has 33 heavy (non-hydrogen) atoms. The van der Waals surface area contributed by atoms with Crippen LogP contribution < -0.4 is 10.1 Å². The van der Waals surface area contributed by atoms with Crippen LogP contribution >= 0.6 is 0 Å². The van der Waals surface area contributed by atoms with Crippen molar-refractivity contribution in [3.05, 3.63) is 53.4 Å². The van der Waals surface area contributed by atoms with Gasteiger partial charge in [0.2, 0.25) is 5.96 Å². The minimum Gasteiger partial charge on any atom is -0.424 e. The first-order chi connectivity index (χ1) is 15.8. The van der Waals surface area contributed by atoms with Gasteiger partial charge in [0.05, 0.1) is 25.8 Å². The highest BCUT2D eigenvalue weighted by atomic mass is 16.5. The van der Waals surface area contributed by atoms with Crippen LogP contribution in [-0.4, -0.2) is 90.2 Å². The van der Waals surface area contributed by atoms with Crippen molar-refractivity contribution in [1.82, 2.24) is 20.2 Å². The first-order valence-corrected chi connectivity index (χ1v) is 10.6. The Morgan fingerprint density at radius 2 is 2.03 bits per heavy atom. The Kier molecular flexibility index (Phi) is 6.43. The molecule has 0 aromatic heterocycles. The molecule has 1 aromatic carbocycles. The van der Waals surface area contributed by atoms with E-state index in [0.29, 0.717) is 48.4 Å². The van der Waals surface area contributed by atoms with E-state index in [-0.39, 0.29) is 30.4 Å². The van der Waals surface area contributed by atoms with E-state index in [4.69, 9.17) is 14.9 Å². The van der Waals surface area contributed by atoms with Crippen LogP contribution in [0.5, 0.6) is 5.75 Å². The van der Waals surface area contributed by atoms with Crippen LogP contribution in [0.2, 0.25) is 0 Å². The monoisotopic (exact) mass is 453 g/mol. The normalized spacial score (nSPS) is 23.0. The molecule has 3 N–H and O–H groups in total. The zero-order chi connectivity index (χ0) is 23.5. The van der Waals surface area contributed by atoms with E-state index in [1.807, 2.05) is 6.92 Å². The summed E-state index contributed by atoms with van der Waals surface area (Å²) < 4.78 is 11.5. The summed E-state index contributed by atoms with van der Waals surface area (Å²) in [6.07, 6.45) is 3.22. The van der Waals surface area contributed by atoms with E-state index in [9.17, 15) is 10.0 Å². The maximum Gasteiger partial charge on any atom is 0.327 e. The van der Waals surface area contributed by atoms with E-state index >= 15 is 0 Å². The SMILES string of the molecule is C[C@H]1COCCN1C1=NC(Oc2ccc(C(=O)N(C)C)cc2)=NC(=C2C=CC(=N)N(O)C2)N1. The summed E-state index contributed by atoms with van der Waals surface area (Å²) in [5, 5.41) is 21.7. The Morgan fingerprint density at radius 1 is 1.27 bits per heavy atom. The van der Waals surface area contributed by atoms with Gasteiger partial charge in [-0.05, 0) is 43.3 Å². The molecule has 3 heterocycles. The number of hydroxylamine groups is 2. The molecule has 1 aromatic rings. The minimum atomic E-state index is -0.0994. The van der Waals surface area contributed by atoms with E-state index < -0.39 is 0 Å². The lowest BCUT2D eigenvalue weighted by atomic mass is 10.1. The molecule has 0 bridgehead atoms. The van der Waals surface area contributed by atoms with Gasteiger partial charge in [-0.3, -0.25) is 15.4 Å². The highest BCUT2D eigenvalue weighted by Crippen LogP contribution is 2.20. The van der Waals surface area contributed by atoms with Crippen molar-refractivity contribution in [2.45, 2.75) is 13.0 Å². The summed E-state index contributed by atoms with van der Waals surface area (Å²) in [6, 6.07) is 6.97. The van der Waals surface area contributed by atoms with Crippen molar-refractivity contribution >= 4 is 23.7 Å². The molecule has 11 nitrogen and oxygen atoms in total. The number of hydrogen-bond acceptors (Lipinski definition) is 9. The maximum atomic E-state index is 12.1. The predicted octanol–water partition coefficient (Wildman–Crippen LogP) is 1.25. The molecule has 1 amide bonds. The number of aliphatic imine (C=N–C) groups is 2. The predicted molar refractivity (Wildman–Crippen MR) is 122 cm³/mol. The van der Waals surface area contributed by atoms with Gasteiger partial charge < -0.3 is 24.6 Å². The van der Waals surface area contributed by atoms with Gasteiger partial charge in [-0.2, -0.15) is 9.98 Å². The van der Waals surface area contributed by atoms with E-state index in [2.05, 4.69) is 20.2 Å². The largest absolute Gasteiger partial charge is 0.424 e. The first-order valence-electron chi connectivity index (χ1n) is 10.6. The lowest BCUT2D eigenvalue weighted by molar-refractivity contribution is -0.00588. The maximum absolute atomic E-state index is 12.1. The van der Waals surface area contributed by atoms with Crippen molar-refractivity contribution in [2.75, 3.05) is 40.4 Å². The highest BCUT2D eigenvalue weighted by molar-refractivity contribution is 5.98. The van der Waals surface area contributed by atoms with E-state index in [1.165, 1.54) is 11.0 Å². The molecule has 11 heteroatoms. The second-order valence-electron chi connectivity index (χ2n) is 8.05. The van der Waals surface area contributed by atoms with Gasteiger partial charge in [0, 0.05) is 31.8 Å². The number of hydrogen-bond donors (Lipinski definition) is 3. The Hall–Kier alpha value is -3.70. The summed E-state index contributed by atoms with van der Waals surface area (Å²) in [4.78, 5) is 24.8. The van der Waals surface area contributed by atoms with Crippen LogP contribution in [0.1, 0.15) is 17.3 Å². The molecule has 3 aliphatic heterocycles. The van der Waals surface area contributed by atoms with Crippen molar-refractivity contribution in [2.24, 2.45) is 9.98 Å². The van der Waals surface area contributed by atoms with Crippen molar-refractivity contribution in [1.29, 1.82) is 5.41 Å². The summed E-state index contributed by atoms with van der Waals surface area (Å²) in [5.74, 6) is 1.42. The molecule has 0 saturated carbocycles. The van der Waals surface area contributed by atoms with Crippen molar-refractivity contribution in [3.8, 4) is 5.75 Å². The fourth-order valence-corrected chi connectivity index (χ4v) is 3.50. The fraction of sp³-hybridized carbons (Fsp3) is 0.364. The topological polar surface area (TPSA) is 126 Å². The lowest BCUT2D eigenvalue weighted by Crippen LogP contribution is -2.53. The van der Waals surface area contributed by atoms with Crippen LogP contribution in [0.4, 0.5) is 0 Å². The average molecular weight is 454 g/mol. The van der Waals surface area contributed by atoms with Crippen LogP contribution in [-0.2, 0) is 4.74 Å². The third kappa shape index (κ3) is 5.04. The van der Waals surface area contributed by atoms with Gasteiger partial charge in [-0.25, -0.2) is 5.06 Å². The number of nitrogens with one attached hydrogen (secondary N) is 2. The number of carbonyl (C=O) groups is 1.